The number of carbonyl (C=O) groups excluding carboxylic acids is 1. The van der Waals surface area contributed by atoms with Gasteiger partial charge in [0.15, 0.2) is 5.82 Å². The molecule has 1 amide bonds. The van der Waals surface area contributed by atoms with Crippen LogP contribution >= 0.6 is 0 Å². The van der Waals surface area contributed by atoms with Crippen molar-refractivity contribution < 1.29 is 19.4 Å². The van der Waals surface area contributed by atoms with Crippen molar-refractivity contribution in [2.75, 3.05) is 11.5 Å². The number of anilines is 1. The molecule has 0 aliphatic rings. The second kappa shape index (κ2) is 6.48. The lowest BCUT2D eigenvalue weighted by atomic mass is 10.2. The summed E-state index contributed by atoms with van der Waals surface area (Å²) in [6, 6.07) is 0.952. The van der Waals surface area contributed by atoms with Gasteiger partial charge in [-0.15, -0.1) is 5.10 Å². The highest BCUT2D eigenvalue weighted by Crippen LogP contribution is 2.19. The fourth-order valence-corrected chi connectivity index (χ4v) is 1.41. The summed E-state index contributed by atoms with van der Waals surface area (Å²) >= 11 is 0. The molecule has 0 radical (unpaired) electrons. The molecule has 0 aliphatic carbocycles. The molecule has 0 aromatic carbocycles. The highest BCUT2D eigenvalue weighted by molar-refractivity contribution is 5.98. The van der Waals surface area contributed by atoms with Crippen LogP contribution in [-0.2, 0) is 4.74 Å². The van der Waals surface area contributed by atoms with E-state index in [1.165, 1.54) is 18.3 Å². The van der Waals surface area contributed by atoms with Crippen LogP contribution in [0.15, 0.2) is 24.9 Å². The fourth-order valence-electron chi connectivity index (χ4n) is 1.41. The van der Waals surface area contributed by atoms with Crippen molar-refractivity contribution >= 4 is 17.9 Å². The zero-order valence-electron chi connectivity index (χ0n) is 10.7. The van der Waals surface area contributed by atoms with Gasteiger partial charge >= 0.3 is 12.1 Å². The van der Waals surface area contributed by atoms with Crippen molar-refractivity contribution in [2.24, 2.45) is 0 Å². The maximum absolute atomic E-state index is 11.9. The van der Waals surface area contributed by atoms with Crippen molar-refractivity contribution in [2.45, 2.75) is 19.9 Å². The number of ether oxygens (including phenoxy) is 1. The molecular weight excluding hydrogens is 250 g/mol. The van der Waals surface area contributed by atoms with E-state index in [-0.39, 0.29) is 24.0 Å². The number of nitrogens with zero attached hydrogens (tertiary/aromatic N) is 3. The molecule has 0 bridgehead atoms. The smallest absolute Gasteiger partial charge is 0.416 e. The Morgan fingerprint density at radius 1 is 1.58 bits per heavy atom. The maximum atomic E-state index is 11.9. The van der Waals surface area contributed by atoms with Crippen LogP contribution in [0.1, 0.15) is 24.2 Å². The molecule has 1 aromatic rings. The summed E-state index contributed by atoms with van der Waals surface area (Å²) in [4.78, 5) is 24.2. The van der Waals surface area contributed by atoms with Gasteiger partial charge in [-0.3, -0.25) is 4.90 Å². The second-order valence-corrected chi connectivity index (χ2v) is 3.90. The summed E-state index contributed by atoms with van der Waals surface area (Å²) in [7, 11) is 0. The zero-order chi connectivity index (χ0) is 14.4. The standard InChI is InChI=1S/C12H15N3O4/c1-4-7-19-12(18)15(8(2)3)10-9(11(16)17)5-6-13-14-10/h4-6,8H,1,7H2,2-3H3,(H,16,17). The minimum absolute atomic E-state index is 0.0325. The number of carboxylic acid groups (broad SMARTS) is 1. The molecule has 0 unspecified atom stereocenters. The van der Waals surface area contributed by atoms with E-state index >= 15 is 0 Å². The number of hydrogen-bond acceptors (Lipinski definition) is 5. The molecule has 1 N–H and O–H groups in total. The Kier molecular flexibility index (Phi) is 4.99. The number of aromatic nitrogens is 2. The molecule has 0 aliphatic heterocycles. The molecule has 19 heavy (non-hydrogen) atoms. The molecule has 0 fully saturated rings. The van der Waals surface area contributed by atoms with E-state index < -0.39 is 12.1 Å². The fraction of sp³-hybridized carbons (Fsp3) is 0.333. The first-order chi connectivity index (χ1) is 8.99. The normalized spacial score (nSPS) is 10.1. The number of hydrogen-bond donors (Lipinski definition) is 1. The minimum atomic E-state index is -1.19. The second-order valence-electron chi connectivity index (χ2n) is 3.90. The van der Waals surface area contributed by atoms with E-state index in [4.69, 9.17) is 9.84 Å². The predicted molar refractivity (Wildman–Crippen MR) is 68.2 cm³/mol. The van der Waals surface area contributed by atoms with Crippen LogP contribution in [0.5, 0.6) is 0 Å². The van der Waals surface area contributed by atoms with Gasteiger partial charge in [-0.25, -0.2) is 9.59 Å². The molecular formula is C12H15N3O4. The SMILES string of the molecule is C=CCOC(=O)N(c1nnccc1C(=O)O)C(C)C. The van der Waals surface area contributed by atoms with E-state index in [0.717, 1.165) is 4.90 Å². The van der Waals surface area contributed by atoms with Crippen molar-refractivity contribution in [1.82, 2.24) is 10.2 Å². The molecule has 0 saturated heterocycles. The van der Waals surface area contributed by atoms with E-state index in [9.17, 15) is 9.59 Å². The average Bonchev–Trinajstić information content (AvgIpc) is 2.36. The molecule has 102 valence electrons. The Balaban J connectivity index is 3.16. The van der Waals surface area contributed by atoms with E-state index in [0.29, 0.717) is 0 Å². The largest absolute Gasteiger partial charge is 0.478 e. The third kappa shape index (κ3) is 3.51. The van der Waals surface area contributed by atoms with Crippen LogP contribution in [0.2, 0.25) is 0 Å². The highest BCUT2D eigenvalue weighted by Gasteiger charge is 2.26. The first-order valence-electron chi connectivity index (χ1n) is 5.61. The Labute approximate surface area is 110 Å². The summed E-state index contributed by atoms with van der Waals surface area (Å²) in [5.41, 5.74) is -0.112. The first kappa shape index (κ1) is 14.6. The van der Waals surface area contributed by atoms with Crippen LogP contribution in [-0.4, -0.2) is 40.0 Å². The topological polar surface area (TPSA) is 92.6 Å². The monoisotopic (exact) mass is 265 g/mol. The van der Waals surface area contributed by atoms with Gasteiger partial charge < -0.3 is 9.84 Å². The Hall–Kier alpha value is -2.44. The summed E-state index contributed by atoms with van der Waals surface area (Å²) < 4.78 is 4.91. The number of rotatable bonds is 5. The lowest BCUT2D eigenvalue weighted by Gasteiger charge is -2.25. The first-order valence-corrected chi connectivity index (χ1v) is 5.61. The van der Waals surface area contributed by atoms with E-state index in [1.807, 2.05) is 0 Å². The van der Waals surface area contributed by atoms with Crippen LogP contribution in [0.3, 0.4) is 0 Å². The van der Waals surface area contributed by atoms with Crippen molar-refractivity contribution in [3.8, 4) is 0 Å². The minimum Gasteiger partial charge on any atom is -0.478 e. The lowest BCUT2D eigenvalue weighted by molar-refractivity contribution is 0.0697. The van der Waals surface area contributed by atoms with Gasteiger partial charge in [0.1, 0.15) is 12.2 Å². The summed E-state index contributed by atoms with van der Waals surface area (Å²) in [5, 5.41) is 16.4. The number of aromatic carboxylic acids is 1. The predicted octanol–water partition coefficient (Wildman–Crippen LogP) is 1.71. The highest BCUT2D eigenvalue weighted by atomic mass is 16.6. The summed E-state index contributed by atoms with van der Waals surface area (Å²) in [6.07, 6.45) is 1.98. The maximum Gasteiger partial charge on any atom is 0.416 e. The molecule has 0 atom stereocenters. The van der Waals surface area contributed by atoms with Gasteiger partial charge in [0.2, 0.25) is 0 Å². The molecule has 0 spiro atoms. The number of carbonyl (C=O) groups is 2. The van der Waals surface area contributed by atoms with E-state index in [2.05, 4.69) is 16.8 Å². The number of amides is 1. The van der Waals surface area contributed by atoms with Crippen molar-refractivity contribution in [1.29, 1.82) is 0 Å². The van der Waals surface area contributed by atoms with Gasteiger partial charge in [-0.05, 0) is 19.9 Å². The lowest BCUT2D eigenvalue weighted by Crippen LogP contribution is -2.39. The van der Waals surface area contributed by atoms with Gasteiger partial charge in [0.25, 0.3) is 0 Å². The zero-order valence-corrected chi connectivity index (χ0v) is 10.7. The third-order valence-electron chi connectivity index (χ3n) is 2.20. The number of carboxylic acids is 1. The molecule has 7 heteroatoms. The van der Waals surface area contributed by atoms with Crippen molar-refractivity contribution in [3.05, 3.63) is 30.5 Å². The molecule has 1 rings (SSSR count). The Bertz CT molecular complexity index is 488. The molecule has 0 saturated carbocycles. The summed E-state index contributed by atoms with van der Waals surface area (Å²) in [5.74, 6) is -1.23. The molecule has 1 aromatic heterocycles. The van der Waals surface area contributed by atoms with Crippen LogP contribution in [0, 0.1) is 0 Å². The van der Waals surface area contributed by atoms with Gasteiger partial charge in [0, 0.05) is 6.04 Å². The van der Waals surface area contributed by atoms with E-state index in [1.54, 1.807) is 13.8 Å². The van der Waals surface area contributed by atoms with Gasteiger partial charge in [0.05, 0.1) is 6.20 Å². The Morgan fingerprint density at radius 2 is 2.26 bits per heavy atom. The summed E-state index contributed by atoms with van der Waals surface area (Å²) in [6.45, 7) is 6.91. The van der Waals surface area contributed by atoms with Crippen LogP contribution in [0.4, 0.5) is 10.6 Å². The van der Waals surface area contributed by atoms with Gasteiger partial charge in [-0.1, -0.05) is 12.7 Å². The quantitative estimate of drug-likeness (QED) is 0.815. The van der Waals surface area contributed by atoms with Crippen molar-refractivity contribution in [3.63, 3.8) is 0 Å². The molecule has 7 nitrogen and oxygen atoms in total. The van der Waals surface area contributed by atoms with Crippen LogP contribution < -0.4 is 4.90 Å². The Morgan fingerprint density at radius 3 is 2.79 bits per heavy atom. The molecule has 1 heterocycles. The third-order valence-corrected chi connectivity index (χ3v) is 2.20. The van der Waals surface area contributed by atoms with Crippen LogP contribution in [0.25, 0.3) is 0 Å². The van der Waals surface area contributed by atoms with Gasteiger partial charge in [-0.2, -0.15) is 5.10 Å². The average molecular weight is 265 g/mol.